The molecule has 152 valence electrons. The summed E-state index contributed by atoms with van der Waals surface area (Å²) in [6.45, 7) is 9.29. The highest BCUT2D eigenvalue weighted by Gasteiger charge is 2.25. The zero-order chi connectivity index (χ0) is 20.0. The third kappa shape index (κ3) is 3.34. The van der Waals surface area contributed by atoms with Crippen LogP contribution in [0.3, 0.4) is 0 Å². The first-order valence-electron chi connectivity index (χ1n) is 10.2. The summed E-state index contributed by atoms with van der Waals surface area (Å²) in [6, 6.07) is 5.83. The van der Waals surface area contributed by atoms with Crippen molar-refractivity contribution in [1.82, 2.24) is 14.6 Å². The molecule has 2 aliphatic heterocycles. The van der Waals surface area contributed by atoms with Crippen LogP contribution in [0.1, 0.15) is 29.7 Å². The molecule has 4 heterocycles. The Bertz CT molecular complexity index is 1050. The van der Waals surface area contributed by atoms with E-state index in [-0.39, 0.29) is 6.10 Å². The minimum Gasteiger partial charge on any atom is -0.490 e. The smallest absolute Gasteiger partial charge is 0.165 e. The molecule has 1 saturated heterocycles. The van der Waals surface area contributed by atoms with Gasteiger partial charge in [0.15, 0.2) is 23.0 Å². The quantitative estimate of drug-likeness (QED) is 0.678. The van der Waals surface area contributed by atoms with E-state index in [2.05, 4.69) is 23.7 Å². The van der Waals surface area contributed by atoms with Gasteiger partial charge in [0.05, 0.1) is 11.9 Å². The highest BCUT2D eigenvalue weighted by molar-refractivity contribution is 5.60. The van der Waals surface area contributed by atoms with E-state index in [0.29, 0.717) is 13.2 Å². The van der Waals surface area contributed by atoms with E-state index in [0.717, 1.165) is 60.3 Å². The van der Waals surface area contributed by atoms with Gasteiger partial charge < -0.3 is 19.1 Å². The summed E-state index contributed by atoms with van der Waals surface area (Å²) in [7, 11) is 0. The fourth-order valence-corrected chi connectivity index (χ4v) is 4.10. The summed E-state index contributed by atoms with van der Waals surface area (Å²) in [4.78, 5) is 6.95. The molecule has 2 aromatic heterocycles. The van der Waals surface area contributed by atoms with Crippen molar-refractivity contribution in [2.75, 3.05) is 31.2 Å². The number of fused-ring (bicyclic) bond motifs is 2. The number of rotatable bonds is 3. The van der Waals surface area contributed by atoms with Crippen molar-refractivity contribution in [1.29, 1.82) is 0 Å². The zero-order valence-electron chi connectivity index (χ0n) is 17.1. The second-order valence-corrected chi connectivity index (χ2v) is 7.83. The van der Waals surface area contributed by atoms with Gasteiger partial charge in [-0.2, -0.15) is 0 Å². The van der Waals surface area contributed by atoms with Gasteiger partial charge in [0, 0.05) is 43.1 Å². The van der Waals surface area contributed by atoms with Crippen molar-refractivity contribution in [3.63, 3.8) is 0 Å². The lowest BCUT2D eigenvalue weighted by Gasteiger charge is -2.34. The Hall–Kier alpha value is -2.96. The van der Waals surface area contributed by atoms with Crippen LogP contribution in [-0.2, 0) is 0 Å². The number of aromatic nitrogens is 3. The third-order valence-electron chi connectivity index (χ3n) is 5.80. The SMILES string of the molecule is Cc1cn2nc(N3CCC(Oc4ccc5c(c4)OCCO5)CC3)c(C)c(C)c2n1. The number of aryl methyl sites for hydroxylation is 2. The second-order valence-electron chi connectivity index (χ2n) is 7.83. The molecule has 0 spiro atoms. The molecule has 1 aromatic carbocycles. The third-order valence-corrected chi connectivity index (χ3v) is 5.80. The topological polar surface area (TPSA) is 61.1 Å². The molecule has 29 heavy (non-hydrogen) atoms. The van der Waals surface area contributed by atoms with Gasteiger partial charge in [-0.15, -0.1) is 5.10 Å². The van der Waals surface area contributed by atoms with E-state index < -0.39 is 0 Å². The summed E-state index contributed by atoms with van der Waals surface area (Å²) >= 11 is 0. The first-order chi connectivity index (χ1) is 14.1. The Labute approximate surface area is 170 Å². The van der Waals surface area contributed by atoms with Gasteiger partial charge in [-0.05, 0) is 32.9 Å². The van der Waals surface area contributed by atoms with Crippen molar-refractivity contribution in [2.45, 2.75) is 39.7 Å². The number of nitrogens with zero attached hydrogens (tertiary/aromatic N) is 4. The van der Waals surface area contributed by atoms with E-state index in [1.807, 2.05) is 35.8 Å². The largest absolute Gasteiger partial charge is 0.490 e. The molecule has 3 aromatic rings. The van der Waals surface area contributed by atoms with E-state index in [1.165, 1.54) is 11.1 Å². The van der Waals surface area contributed by atoms with Crippen molar-refractivity contribution >= 4 is 11.5 Å². The molecule has 2 aliphatic rings. The minimum absolute atomic E-state index is 0.189. The summed E-state index contributed by atoms with van der Waals surface area (Å²) in [6.07, 6.45) is 4.09. The second kappa shape index (κ2) is 7.13. The van der Waals surface area contributed by atoms with Gasteiger partial charge in [0.2, 0.25) is 0 Å². The maximum Gasteiger partial charge on any atom is 0.165 e. The molecular weight excluding hydrogens is 368 g/mol. The highest BCUT2D eigenvalue weighted by atomic mass is 16.6. The Kier molecular flexibility index (Phi) is 4.45. The number of hydrogen-bond acceptors (Lipinski definition) is 6. The van der Waals surface area contributed by atoms with Crippen LogP contribution in [0.25, 0.3) is 5.65 Å². The van der Waals surface area contributed by atoms with Crippen LogP contribution in [0.2, 0.25) is 0 Å². The van der Waals surface area contributed by atoms with Crippen LogP contribution in [-0.4, -0.2) is 47.0 Å². The fraction of sp³-hybridized carbons (Fsp3) is 0.455. The standard InChI is InChI=1S/C22H26N4O3/c1-14-13-26-21(23-14)15(2)16(3)22(24-26)25-8-6-17(7-9-25)29-18-4-5-19-20(12-18)28-11-10-27-19/h4-5,12-13,17H,6-11H2,1-3H3. The molecule has 1 fully saturated rings. The number of hydrogen-bond donors (Lipinski definition) is 0. The van der Waals surface area contributed by atoms with E-state index >= 15 is 0 Å². The lowest BCUT2D eigenvalue weighted by atomic mass is 10.1. The summed E-state index contributed by atoms with van der Waals surface area (Å²) in [5.74, 6) is 3.45. The average Bonchev–Trinajstić information content (AvgIpc) is 3.12. The van der Waals surface area contributed by atoms with Gasteiger partial charge >= 0.3 is 0 Å². The predicted molar refractivity (Wildman–Crippen MR) is 110 cm³/mol. The Balaban J connectivity index is 1.28. The number of ether oxygens (including phenoxy) is 3. The van der Waals surface area contributed by atoms with Crippen LogP contribution in [0.15, 0.2) is 24.4 Å². The molecule has 0 bridgehead atoms. The van der Waals surface area contributed by atoms with Crippen LogP contribution < -0.4 is 19.1 Å². The Morgan fingerprint density at radius 1 is 1.00 bits per heavy atom. The molecule has 0 N–H and O–H groups in total. The van der Waals surface area contributed by atoms with E-state index in [9.17, 15) is 0 Å². The average molecular weight is 394 g/mol. The molecule has 7 nitrogen and oxygen atoms in total. The van der Waals surface area contributed by atoms with E-state index in [4.69, 9.17) is 19.3 Å². The summed E-state index contributed by atoms with van der Waals surface area (Å²) < 4.78 is 19.4. The fourth-order valence-electron chi connectivity index (χ4n) is 4.10. The molecular formula is C22H26N4O3. The van der Waals surface area contributed by atoms with Gasteiger partial charge in [0.1, 0.15) is 25.1 Å². The molecule has 0 unspecified atom stereocenters. The maximum absolute atomic E-state index is 6.24. The predicted octanol–water partition coefficient (Wildman–Crippen LogP) is 3.47. The van der Waals surface area contributed by atoms with Gasteiger partial charge in [-0.25, -0.2) is 9.50 Å². The van der Waals surface area contributed by atoms with Crippen molar-refractivity contribution in [2.24, 2.45) is 0 Å². The normalized spacial score (nSPS) is 17.0. The molecule has 5 rings (SSSR count). The van der Waals surface area contributed by atoms with Crippen LogP contribution in [0.4, 0.5) is 5.82 Å². The Morgan fingerprint density at radius 2 is 1.76 bits per heavy atom. The van der Waals surface area contributed by atoms with E-state index in [1.54, 1.807) is 0 Å². The zero-order valence-corrected chi connectivity index (χ0v) is 17.1. The maximum atomic E-state index is 6.24. The first-order valence-corrected chi connectivity index (χ1v) is 10.2. The van der Waals surface area contributed by atoms with Crippen LogP contribution in [0.5, 0.6) is 17.2 Å². The molecule has 0 radical (unpaired) electrons. The van der Waals surface area contributed by atoms with Gasteiger partial charge in [-0.3, -0.25) is 0 Å². The first kappa shape index (κ1) is 18.1. The molecule has 7 heteroatoms. The number of anilines is 1. The van der Waals surface area contributed by atoms with Crippen LogP contribution in [0, 0.1) is 20.8 Å². The monoisotopic (exact) mass is 394 g/mol. The van der Waals surface area contributed by atoms with Crippen molar-refractivity contribution < 1.29 is 14.2 Å². The van der Waals surface area contributed by atoms with Crippen molar-refractivity contribution in [3.05, 3.63) is 41.2 Å². The molecule has 0 aliphatic carbocycles. The van der Waals surface area contributed by atoms with Gasteiger partial charge in [-0.1, -0.05) is 0 Å². The minimum atomic E-state index is 0.189. The van der Waals surface area contributed by atoms with Gasteiger partial charge in [0.25, 0.3) is 0 Å². The highest BCUT2D eigenvalue weighted by Crippen LogP contribution is 2.35. The molecule has 0 atom stereocenters. The molecule has 0 amide bonds. The lowest BCUT2D eigenvalue weighted by molar-refractivity contribution is 0.159. The number of benzene rings is 1. The number of imidazole rings is 1. The molecule has 0 saturated carbocycles. The lowest BCUT2D eigenvalue weighted by Crippen LogP contribution is -2.39. The summed E-state index contributed by atoms with van der Waals surface area (Å²) in [5.41, 5.74) is 4.33. The van der Waals surface area contributed by atoms with Crippen molar-refractivity contribution in [3.8, 4) is 17.2 Å². The Morgan fingerprint density at radius 3 is 2.55 bits per heavy atom. The number of piperidine rings is 1. The summed E-state index contributed by atoms with van der Waals surface area (Å²) in [5, 5.41) is 4.85. The van der Waals surface area contributed by atoms with Crippen LogP contribution >= 0.6 is 0 Å².